The molecule has 2 aliphatic rings. The van der Waals surface area contributed by atoms with Crippen molar-refractivity contribution in [1.82, 2.24) is 44.3 Å². The summed E-state index contributed by atoms with van der Waals surface area (Å²) in [7, 11) is 5.76. The molecule has 2 N–H and O–H groups in total. The summed E-state index contributed by atoms with van der Waals surface area (Å²) in [6.07, 6.45) is 10.3. The number of hydrogen-bond donors (Lipinski definition) is 1. The Morgan fingerprint density at radius 2 is 1.24 bits per heavy atom. The van der Waals surface area contributed by atoms with Gasteiger partial charge in [0.2, 0.25) is 5.43 Å². The summed E-state index contributed by atoms with van der Waals surface area (Å²) in [5.41, 5.74) is 14.9. The highest BCUT2D eigenvalue weighted by atomic mass is 32.1. The van der Waals surface area contributed by atoms with E-state index >= 15 is 0 Å². The Hall–Kier alpha value is -4.27. The zero-order valence-electron chi connectivity index (χ0n) is 29.0. The zero-order valence-corrected chi connectivity index (χ0v) is 31.5. The number of nitrogens with two attached hydrogens (primary N) is 1. The highest BCUT2D eigenvalue weighted by Crippen LogP contribution is 2.38. The molecule has 7 aromatic rings. The van der Waals surface area contributed by atoms with Crippen molar-refractivity contribution in [3.8, 4) is 22.5 Å². The number of fused-ring (bicyclic) bond motifs is 9. The maximum Gasteiger partial charge on any atom is 0.209 e. The predicted octanol–water partition coefficient (Wildman–Crippen LogP) is 6.61. The van der Waals surface area contributed by atoms with E-state index in [0.717, 1.165) is 68.3 Å². The fourth-order valence-corrected chi connectivity index (χ4v) is 9.82. The van der Waals surface area contributed by atoms with Crippen molar-refractivity contribution in [2.45, 2.75) is 60.3 Å². The van der Waals surface area contributed by atoms with Gasteiger partial charge in [-0.1, -0.05) is 13.8 Å². The number of thiazole rings is 3. The number of nitrogen functional groups attached to an aromatic ring is 1. The van der Waals surface area contributed by atoms with Gasteiger partial charge in [0, 0.05) is 66.2 Å². The Morgan fingerprint density at radius 3 is 1.88 bits per heavy atom. The molecule has 9 rings (SSSR count). The van der Waals surface area contributed by atoms with Crippen LogP contribution in [0.25, 0.3) is 43.6 Å². The van der Waals surface area contributed by atoms with Gasteiger partial charge in [-0.15, -0.1) is 34.0 Å². The molecule has 2 aliphatic carbocycles. The summed E-state index contributed by atoms with van der Waals surface area (Å²) in [6.45, 7) is 10.4. The molecule has 254 valence electrons. The van der Waals surface area contributed by atoms with Crippen molar-refractivity contribution in [2.24, 2.45) is 33.0 Å². The van der Waals surface area contributed by atoms with Crippen LogP contribution in [0.1, 0.15) is 50.6 Å². The smallest absolute Gasteiger partial charge is 0.209 e. The molecule has 2 unspecified atom stereocenters. The topological polar surface area (TPSA) is 135 Å². The molecule has 2 atom stereocenters. The molecule has 0 aliphatic heterocycles. The molecule has 0 saturated carbocycles. The van der Waals surface area contributed by atoms with Crippen molar-refractivity contribution in [2.75, 3.05) is 5.73 Å². The van der Waals surface area contributed by atoms with Crippen LogP contribution in [0.15, 0.2) is 29.5 Å². The van der Waals surface area contributed by atoms with Gasteiger partial charge in [0.25, 0.3) is 0 Å². The van der Waals surface area contributed by atoms with E-state index in [9.17, 15) is 4.79 Å². The Bertz CT molecular complexity index is 2210. The Balaban J connectivity index is 0.000000116. The minimum absolute atomic E-state index is 0.0107. The first-order chi connectivity index (χ1) is 23.3. The van der Waals surface area contributed by atoms with Gasteiger partial charge in [-0.3, -0.25) is 18.8 Å². The predicted molar refractivity (Wildman–Crippen MR) is 201 cm³/mol. The second-order valence-electron chi connectivity index (χ2n) is 13.3. The molecule has 0 amide bonds. The van der Waals surface area contributed by atoms with E-state index in [1.165, 1.54) is 26.7 Å². The number of nitrogens with zero attached hydrogens (tertiary/aromatic N) is 9. The lowest BCUT2D eigenvalue weighted by molar-refractivity contribution is 0.571. The third kappa shape index (κ3) is 6.56. The van der Waals surface area contributed by atoms with Gasteiger partial charge >= 0.3 is 0 Å². The Morgan fingerprint density at radius 1 is 0.694 bits per heavy atom. The van der Waals surface area contributed by atoms with Crippen molar-refractivity contribution in [3.63, 3.8) is 0 Å². The maximum absolute atomic E-state index is 12.1. The minimum Gasteiger partial charge on any atom is -0.375 e. The molecular formula is C35H40N10OS3. The van der Waals surface area contributed by atoms with E-state index in [-0.39, 0.29) is 5.43 Å². The monoisotopic (exact) mass is 712 g/mol. The van der Waals surface area contributed by atoms with Crippen LogP contribution in [-0.2, 0) is 46.8 Å². The molecule has 14 heteroatoms. The first kappa shape index (κ1) is 33.2. The third-order valence-electron chi connectivity index (χ3n) is 8.76. The SMILES string of the molecule is CC1Cc2nn(C)cc2-c2nc(N)sc2C1.Cc1nc2c(cc(C)c(=O)c3nn(C)cc32)s1.Cc1nc2c(s1)CC(C)Cc1nn(C)cc1-2. The summed E-state index contributed by atoms with van der Waals surface area (Å²) in [5, 5.41) is 17.0. The lowest BCUT2D eigenvalue weighted by Crippen LogP contribution is -2.02. The van der Waals surface area contributed by atoms with E-state index < -0.39 is 0 Å². The molecular weight excluding hydrogens is 673 g/mol. The number of aryl methyl sites for hydroxylation is 6. The largest absolute Gasteiger partial charge is 0.375 e. The Labute approximate surface area is 296 Å². The average molecular weight is 713 g/mol. The second kappa shape index (κ2) is 12.9. The van der Waals surface area contributed by atoms with Gasteiger partial charge in [0.1, 0.15) is 5.52 Å². The first-order valence-electron chi connectivity index (χ1n) is 16.3. The zero-order chi connectivity index (χ0) is 34.7. The standard InChI is InChI=1S/C12H11N3OS.C12H15N3S.C11H14N4S/c1-6-4-9-10(13-7(2)17-9)8-5-15(3)14-11(8)12(6)16;1-7-4-10-9(6-15(3)14-10)12-11(5-7)16-8(2)13-12;1-6-3-8-7(5-15(2)14-8)10-9(4-6)16-11(12)13-10/h4-5H,1-3H3;6-7H,4-5H2,1-3H3;5-6H,3-4H2,1-2H3,(H2,12,13). The highest BCUT2D eigenvalue weighted by Gasteiger charge is 2.25. The molecule has 1 aromatic carbocycles. The second-order valence-corrected chi connectivity index (χ2v) is 17.0. The van der Waals surface area contributed by atoms with E-state index in [4.69, 9.17) is 5.73 Å². The summed E-state index contributed by atoms with van der Waals surface area (Å²) in [4.78, 5) is 28.5. The average Bonchev–Trinajstić information content (AvgIpc) is 3.85. The van der Waals surface area contributed by atoms with Crippen LogP contribution in [0.2, 0.25) is 0 Å². The van der Waals surface area contributed by atoms with Gasteiger partial charge in [-0.05, 0) is 64.4 Å². The first-order valence-corrected chi connectivity index (χ1v) is 18.8. The normalized spacial score (nSPS) is 16.4. The molecule has 49 heavy (non-hydrogen) atoms. The number of anilines is 1. The van der Waals surface area contributed by atoms with Crippen molar-refractivity contribution in [1.29, 1.82) is 0 Å². The number of aromatic nitrogens is 9. The lowest BCUT2D eigenvalue weighted by Gasteiger charge is -2.04. The van der Waals surface area contributed by atoms with E-state index in [2.05, 4.69) is 57.2 Å². The van der Waals surface area contributed by atoms with Crippen LogP contribution in [0.3, 0.4) is 0 Å². The van der Waals surface area contributed by atoms with Crippen LogP contribution in [0.4, 0.5) is 5.13 Å². The van der Waals surface area contributed by atoms with Crippen LogP contribution in [0.5, 0.6) is 0 Å². The third-order valence-corrected chi connectivity index (χ3v) is 11.6. The number of hydrogen-bond acceptors (Lipinski definition) is 11. The van der Waals surface area contributed by atoms with E-state index in [1.54, 1.807) is 27.4 Å². The Kier molecular flexibility index (Phi) is 8.74. The van der Waals surface area contributed by atoms with Crippen molar-refractivity contribution < 1.29 is 0 Å². The quantitative estimate of drug-likeness (QED) is 0.186. The van der Waals surface area contributed by atoms with Gasteiger partial charge in [-0.25, -0.2) is 15.0 Å². The molecule has 0 radical (unpaired) electrons. The van der Waals surface area contributed by atoms with Crippen LogP contribution in [-0.4, -0.2) is 44.3 Å². The summed E-state index contributed by atoms with van der Waals surface area (Å²) in [5.74, 6) is 1.27. The van der Waals surface area contributed by atoms with E-state index in [0.29, 0.717) is 28.0 Å². The van der Waals surface area contributed by atoms with Crippen LogP contribution < -0.4 is 11.2 Å². The molecule has 0 bridgehead atoms. The van der Waals surface area contributed by atoms with Crippen LogP contribution >= 0.6 is 34.0 Å². The van der Waals surface area contributed by atoms with Gasteiger partial charge in [0.05, 0.1) is 48.4 Å². The van der Waals surface area contributed by atoms with Gasteiger partial charge < -0.3 is 5.73 Å². The molecule has 6 aromatic heterocycles. The molecule has 0 spiro atoms. The molecule has 6 heterocycles. The summed E-state index contributed by atoms with van der Waals surface area (Å²) < 4.78 is 6.48. The van der Waals surface area contributed by atoms with Crippen molar-refractivity contribution >= 4 is 60.3 Å². The molecule has 11 nitrogen and oxygen atoms in total. The lowest BCUT2D eigenvalue weighted by atomic mass is 10.0. The number of rotatable bonds is 0. The van der Waals surface area contributed by atoms with Gasteiger partial charge in [-0.2, -0.15) is 15.3 Å². The highest BCUT2D eigenvalue weighted by molar-refractivity contribution is 7.18. The fourth-order valence-electron chi connectivity index (χ4n) is 6.75. The van der Waals surface area contributed by atoms with Crippen molar-refractivity contribution in [3.05, 3.63) is 71.6 Å². The summed E-state index contributed by atoms with van der Waals surface area (Å²) >= 11 is 5.05. The van der Waals surface area contributed by atoms with Gasteiger partial charge in [0.15, 0.2) is 5.13 Å². The minimum atomic E-state index is -0.0107. The molecule has 0 saturated heterocycles. The fraction of sp³-hybridized carbons (Fsp3) is 0.400. The maximum atomic E-state index is 12.1. The summed E-state index contributed by atoms with van der Waals surface area (Å²) in [6, 6.07) is 1.91. The molecule has 0 fully saturated rings. The van der Waals surface area contributed by atoms with Crippen LogP contribution in [0, 0.1) is 32.6 Å². The van der Waals surface area contributed by atoms with E-state index in [1.807, 2.05) is 74.2 Å².